The van der Waals surface area contributed by atoms with Crippen LogP contribution in [0.3, 0.4) is 0 Å². The Labute approximate surface area is 114 Å². The summed E-state index contributed by atoms with van der Waals surface area (Å²) in [7, 11) is 0. The van der Waals surface area contributed by atoms with Crippen LogP contribution in [0.4, 0.5) is 0 Å². The van der Waals surface area contributed by atoms with E-state index in [0.717, 1.165) is 17.1 Å². The molecule has 0 radical (unpaired) electrons. The van der Waals surface area contributed by atoms with Gasteiger partial charge >= 0.3 is 0 Å². The minimum atomic E-state index is -0.0716. The van der Waals surface area contributed by atoms with Crippen molar-refractivity contribution in [2.75, 3.05) is 13.2 Å². The molecule has 1 aliphatic rings. The predicted octanol–water partition coefficient (Wildman–Crippen LogP) is 1.65. The molecule has 0 bridgehead atoms. The summed E-state index contributed by atoms with van der Waals surface area (Å²) in [6, 6.07) is 0. The molecule has 0 aliphatic carbocycles. The quantitative estimate of drug-likeness (QED) is 0.832. The van der Waals surface area contributed by atoms with Crippen LogP contribution in [0.15, 0.2) is 6.20 Å². The molecule has 5 nitrogen and oxygen atoms in total. The number of hydrogen-bond donors (Lipinski definition) is 0. The highest BCUT2D eigenvalue weighted by molar-refractivity contribution is 5.78. The van der Waals surface area contributed by atoms with E-state index < -0.39 is 0 Å². The molecular weight excluding hydrogens is 242 g/mol. The van der Waals surface area contributed by atoms with Gasteiger partial charge in [-0.15, -0.1) is 0 Å². The van der Waals surface area contributed by atoms with E-state index in [1.165, 1.54) is 0 Å². The fourth-order valence-corrected chi connectivity index (χ4v) is 1.97. The Balaban J connectivity index is 2.10. The lowest BCUT2D eigenvalue weighted by Crippen LogP contribution is -2.29. The first kappa shape index (κ1) is 13.9. The molecule has 0 saturated carbocycles. The van der Waals surface area contributed by atoms with Crippen LogP contribution >= 0.6 is 0 Å². The molecule has 0 saturated heterocycles. The fourth-order valence-electron chi connectivity index (χ4n) is 1.97. The Bertz CT molecular complexity index is 480. The maximum absolute atomic E-state index is 11.9. The SMILES string of the molecule is CCOCC(=O)N1Cc2cnc(C(C)(C)C)nc2C1. The second-order valence-corrected chi connectivity index (χ2v) is 5.80. The normalized spacial score (nSPS) is 14.6. The number of hydrogen-bond acceptors (Lipinski definition) is 4. The molecule has 0 unspecified atom stereocenters. The lowest BCUT2D eigenvalue weighted by molar-refractivity contribution is -0.136. The summed E-state index contributed by atoms with van der Waals surface area (Å²) >= 11 is 0. The Morgan fingerprint density at radius 2 is 2.16 bits per heavy atom. The van der Waals surface area contributed by atoms with Crippen LogP contribution in [-0.4, -0.2) is 34.0 Å². The minimum Gasteiger partial charge on any atom is -0.372 e. The van der Waals surface area contributed by atoms with Gasteiger partial charge in [0.2, 0.25) is 5.91 Å². The largest absolute Gasteiger partial charge is 0.372 e. The molecule has 2 heterocycles. The summed E-state index contributed by atoms with van der Waals surface area (Å²) in [6.07, 6.45) is 1.84. The second kappa shape index (κ2) is 5.25. The van der Waals surface area contributed by atoms with Crippen LogP contribution in [0.5, 0.6) is 0 Å². The number of rotatable bonds is 3. The van der Waals surface area contributed by atoms with Gasteiger partial charge in [0.15, 0.2) is 0 Å². The number of aromatic nitrogens is 2. The molecule has 1 aromatic rings. The number of fused-ring (bicyclic) bond motifs is 1. The van der Waals surface area contributed by atoms with E-state index in [2.05, 4.69) is 30.7 Å². The fraction of sp³-hybridized carbons (Fsp3) is 0.643. The molecule has 1 aliphatic heterocycles. The third kappa shape index (κ3) is 3.10. The predicted molar refractivity (Wildman–Crippen MR) is 71.5 cm³/mol. The zero-order valence-electron chi connectivity index (χ0n) is 12.1. The van der Waals surface area contributed by atoms with Crippen LogP contribution in [0.25, 0.3) is 0 Å². The molecule has 0 N–H and O–H groups in total. The number of nitrogens with zero attached hydrogens (tertiary/aromatic N) is 3. The molecule has 0 fully saturated rings. The summed E-state index contributed by atoms with van der Waals surface area (Å²) < 4.78 is 5.16. The first-order chi connectivity index (χ1) is 8.91. The van der Waals surface area contributed by atoms with E-state index in [4.69, 9.17) is 4.74 Å². The van der Waals surface area contributed by atoms with Gasteiger partial charge in [0.1, 0.15) is 12.4 Å². The summed E-state index contributed by atoms with van der Waals surface area (Å²) in [5, 5.41) is 0. The van der Waals surface area contributed by atoms with Gasteiger partial charge in [-0.3, -0.25) is 4.79 Å². The Morgan fingerprint density at radius 3 is 2.79 bits per heavy atom. The van der Waals surface area contributed by atoms with E-state index in [0.29, 0.717) is 19.7 Å². The highest BCUT2D eigenvalue weighted by Crippen LogP contribution is 2.24. The summed E-state index contributed by atoms with van der Waals surface area (Å²) in [5.41, 5.74) is 1.93. The first-order valence-electron chi connectivity index (χ1n) is 6.62. The lowest BCUT2D eigenvalue weighted by Gasteiger charge is -2.16. The molecule has 0 aromatic carbocycles. The van der Waals surface area contributed by atoms with Crippen molar-refractivity contribution in [1.29, 1.82) is 0 Å². The van der Waals surface area contributed by atoms with Crippen LogP contribution in [0, 0.1) is 0 Å². The second-order valence-electron chi connectivity index (χ2n) is 5.80. The molecule has 104 valence electrons. The molecular formula is C14H21N3O2. The number of amides is 1. The first-order valence-corrected chi connectivity index (χ1v) is 6.62. The maximum atomic E-state index is 11.9. The number of carbonyl (C=O) groups is 1. The van der Waals surface area contributed by atoms with Crippen molar-refractivity contribution in [2.45, 2.75) is 46.2 Å². The van der Waals surface area contributed by atoms with Gasteiger partial charge < -0.3 is 9.64 Å². The molecule has 0 spiro atoms. The zero-order chi connectivity index (χ0) is 14.0. The minimum absolute atomic E-state index is 0.0113. The van der Waals surface area contributed by atoms with Crippen molar-refractivity contribution in [3.63, 3.8) is 0 Å². The smallest absolute Gasteiger partial charge is 0.249 e. The van der Waals surface area contributed by atoms with Gasteiger partial charge in [-0.1, -0.05) is 20.8 Å². The molecule has 1 amide bonds. The van der Waals surface area contributed by atoms with E-state index >= 15 is 0 Å². The van der Waals surface area contributed by atoms with Gasteiger partial charge in [0.05, 0.1) is 12.2 Å². The monoisotopic (exact) mass is 263 g/mol. The van der Waals surface area contributed by atoms with E-state index in [9.17, 15) is 4.79 Å². The van der Waals surface area contributed by atoms with Crippen LogP contribution in [0.2, 0.25) is 0 Å². The van der Waals surface area contributed by atoms with Gasteiger partial charge in [0, 0.05) is 30.3 Å². The van der Waals surface area contributed by atoms with E-state index in [1.807, 2.05) is 13.1 Å². The highest BCUT2D eigenvalue weighted by atomic mass is 16.5. The molecule has 2 rings (SSSR count). The summed E-state index contributed by atoms with van der Waals surface area (Å²) in [6.45, 7) is 9.99. The maximum Gasteiger partial charge on any atom is 0.249 e. The van der Waals surface area contributed by atoms with Gasteiger partial charge in [0.25, 0.3) is 0 Å². The van der Waals surface area contributed by atoms with Crippen LogP contribution < -0.4 is 0 Å². The van der Waals surface area contributed by atoms with Crippen molar-refractivity contribution < 1.29 is 9.53 Å². The molecule has 19 heavy (non-hydrogen) atoms. The average Bonchev–Trinajstić information content (AvgIpc) is 2.77. The lowest BCUT2D eigenvalue weighted by atomic mass is 9.95. The van der Waals surface area contributed by atoms with Gasteiger partial charge in [-0.05, 0) is 6.92 Å². The van der Waals surface area contributed by atoms with Crippen LogP contribution in [-0.2, 0) is 28.0 Å². The standard InChI is InChI=1S/C14H21N3O2/c1-5-19-9-12(18)17-7-10-6-15-13(14(2,3)4)16-11(10)8-17/h6H,5,7-9H2,1-4H3. The third-order valence-electron chi connectivity index (χ3n) is 3.11. The molecule has 1 aromatic heterocycles. The Kier molecular flexibility index (Phi) is 3.85. The van der Waals surface area contributed by atoms with E-state index in [-0.39, 0.29) is 17.9 Å². The van der Waals surface area contributed by atoms with Crippen molar-refractivity contribution in [1.82, 2.24) is 14.9 Å². The average molecular weight is 263 g/mol. The molecule has 0 atom stereocenters. The number of ether oxygens (including phenoxy) is 1. The van der Waals surface area contributed by atoms with Crippen molar-refractivity contribution in [3.8, 4) is 0 Å². The van der Waals surface area contributed by atoms with Gasteiger partial charge in [-0.2, -0.15) is 0 Å². The van der Waals surface area contributed by atoms with Crippen molar-refractivity contribution >= 4 is 5.91 Å². The Hall–Kier alpha value is -1.49. The van der Waals surface area contributed by atoms with Crippen molar-refractivity contribution in [3.05, 3.63) is 23.3 Å². The van der Waals surface area contributed by atoms with Gasteiger partial charge in [-0.25, -0.2) is 9.97 Å². The molecule has 5 heteroatoms. The topological polar surface area (TPSA) is 55.3 Å². The van der Waals surface area contributed by atoms with Crippen LogP contribution in [0.1, 0.15) is 44.8 Å². The van der Waals surface area contributed by atoms with E-state index in [1.54, 1.807) is 4.90 Å². The Morgan fingerprint density at radius 1 is 1.42 bits per heavy atom. The van der Waals surface area contributed by atoms with Crippen molar-refractivity contribution in [2.24, 2.45) is 0 Å². The highest BCUT2D eigenvalue weighted by Gasteiger charge is 2.27. The zero-order valence-corrected chi connectivity index (χ0v) is 12.1. The third-order valence-corrected chi connectivity index (χ3v) is 3.11. The number of carbonyl (C=O) groups excluding carboxylic acids is 1. The summed E-state index contributed by atoms with van der Waals surface area (Å²) in [4.78, 5) is 22.7. The summed E-state index contributed by atoms with van der Waals surface area (Å²) in [5.74, 6) is 0.836.